The maximum absolute atomic E-state index is 12.9. The molecule has 2 aromatic carbocycles. The van der Waals surface area contributed by atoms with Crippen LogP contribution in [-0.4, -0.2) is 24.2 Å². The topological polar surface area (TPSA) is 32.3 Å². The van der Waals surface area contributed by atoms with Crippen LogP contribution in [0.3, 0.4) is 0 Å². The number of halogens is 1. The second-order valence-electron chi connectivity index (χ2n) is 7.74. The lowest BCUT2D eigenvalue weighted by Gasteiger charge is -2.31. The molecule has 1 N–H and O–H groups in total. The van der Waals surface area contributed by atoms with Gasteiger partial charge in [0.1, 0.15) is 0 Å². The highest BCUT2D eigenvalue weighted by atomic mass is 35.5. The summed E-state index contributed by atoms with van der Waals surface area (Å²) >= 11 is 7.89. The van der Waals surface area contributed by atoms with Crippen LogP contribution in [0.2, 0.25) is 5.02 Å². The first kappa shape index (κ1) is 19.7. The molecule has 2 aliphatic rings. The lowest BCUT2D eigenvalue weighted by Crippen LogP contribution is -2.35. The summed E-state index contributed by atoms with van der Waals surface area (Å²) in [6.45, 7) is 1.81. The number of nitrogens with one attached hydrogen (secondary N) is 1. The summed E-state index contributed by atoms with van der Waals surface area (Å²) in [5.41, 5.74) is 3.17. The van der Waals surface area contributed by atoms with Gasteiger partial charge in [0, 0.05) is 40.4 Å². The molecule has 5 heteroatoms. The van der Waals surface area contributed by atoms with Gasteiger partial charge in [-0.15, -0.1) is 11.8 Å². The number of rotatable bonds is 4. The van der Waals surface area contributed by atoms with Crippen LogP contribution in [-0.2, 0) is 6.54 Å². The van der Waals surface area contributed by atoms with E-state index in [9.17, 15) is 4.79 Å². The normalized spacial score (nSPS) is 17.7. The largest absolute Gasteiger partial charge is 0.365 e. The maximum Gasteiger partial charge on any atom is 0.251 e. The second kappa shape index (κ2) is 9.23. The van der Waals surface area contributed by atoms with Crippen LogP contribution in [0.4, 0.5) is 5.69 Å². The number of thioether (sulfide) groups is 1. The minimum Gasteiger partial charge on any atom is -0.365 e. The van der Waals surface area contributed by atoms with Crippen molar-refractivity contribution in [1.29, 1.82) is 0 Å². The number of amides is 1. The van der Waals surface area contributed by atoms with Gasteiger partial charge in [-0.25, -0.2) is 0 Å². The van der Waals surface area contributed by atoms with Crippen molar-refractivity contribution in [3.63, 3.8) is 0 Å². The molecule has 4 rings (SSSR count). The van der Waals surface area contributed by atoms with Crippen LogP contribution >= 0.6 is 23.4 Å². The van der Waals surface area contributed by atoms with Crippen molar-refractivity contribution >= 4 is 35.0 Å². The van der Waals surface area contributed by atoms with E-state index in [1.165, 1.54) is 41.8 Å². The molecule has 2 aromatic rings. The number of nitrogens with zero attached hydrogens (tertiary/aromatic N) is 1. The van der Waals surface area contributed by atoms with Crippen molar-refractivity contribution in [3.8, 4) is 0 Å². The molecule has 0 aromatic heterocycles. The predicted molar refractivity (Wildman–Crippen MR) is 119 cm³/mol. The summed E-state index contributed by atoms with van der Waals surface area (Å²) in [4.78, 5) is 16.5. The Labute approximate surface area is 176 Å². The van der Waals surface area contributed by atoms with Crippen molar-refractivity contribution in [2.75, 3.05) is 17.2 Å². The Bertz CT molecular complexity index is 816. The van der Waals surface area contributed by atoms with Gasteiger partial charge in [-0.2, -0.15) is 0 Å². The zero-order valence-electron chi connectivity index (χ0n) is 16.1. The fourth-order valence-corrected chi connectivity index (χ4v) is 5.24. The van der Waals surface area contributed by atoms with Crippen LogP contribution < -0.4 is 10.2 Å². The Morgan fingerprint density at radius 3 is 2.57 bits per heavy atom. The van der Waals surface area contributed by atoms with Gasteiger partial charge in [0.25, 0.3) is 5.91 Å². The van der Waals surface area contributed by atoms with Gasteiger partial charge in [0.2, 0.25) is 0 Å². The summed E-state index contributed by atoms with van der Waals surface area (Å²) in [6, 6.07) is 14.5. The quantitative estimate of drug-likeness (QED) is 0.631. The van der Waals surface area contributed by atoms with Crippen LogP contribution in [0, 0.1) is 0 Å². The van der Waals surface area contributed by atoms with Gasteiger partial charge in [-0.3, -0.25) is 4.79 Å². The summed E-state index contributed by atoms with van der Waals surface area (Å²) in [6.07, 6.45) is 7.25. The fraction of sp³-hybridized carbons (Fsp3) is 0.435. The van der Waals surface area contributed by atoms with Gasteiger partial charge in [-0.05, 0) is 48.7 Å². The van der Waals surface area contributed by atoms with Crippen molar-refractivity contribution in [1.82, 2.24) is 5.32 Å². The average molecular weight is 415 g/mol. The lowest BCUT2D eigenvalue weighted by atomic mass is 10.1. The Kier molecular flexibility index (Phi) is 6.48. The Hall–Kier alpha value is -1.65. The molecule has 0 bridgehead atoms. The highest BCUT2D eigenvalue weighted by Gasteiger charge is 2.21. The van der Waals surface area contributed by atoms with Gasteiger partial charge in [-0.1, -0.05) is 49.4 Å². The molecular weight excluding hydrogens is 388 g/mol. The van der Waals surface area contributed by atoms with Crippen molar-refractivity contribution in [2.24, 2.45) is 0 Å². The molecule has 1 heterocycles. The molecule has 1 saturated carbocycles. The van der Waals surface area contributed by atoms with Crippen LogP contribution in [0.1, 0.15) is 54.4 Å². The third kappa shape index (κ3) is 4.84. The highest BCUT2D eigenvalue weighted by Crippen LogP contribution is 2.36. The van der Waals surface area contributed by atoms with Gasteiger partial charge >= 0.3 is 0 Å². The Morgan fingerprint density at radius 1 is 1.07 bits per heavy atom. The van der Waals surface area contributed by atoms with E-state index < -0.39 is 0 Å². The van der Waals surface area contributed by atoms with Gasteiger partial charge in [0.05, 0.1) is 5.69 Å². The zero-order chi connectivity index (χ0) is 19.3. The lowest BCUT2D eigenvalue weighted by molar-refractivity contribution is 0.0933. The molecule has 0 saturated heterocycles. The zero-order valence-corrected chi connectivity index (χ0v) is 17.7. The number of anilines is 1. The molecular formula is C23H27ClN2OS. The molecule has 0 radical (unpaired) electrons. The first-order valence-electron chi connectivity index (χ1n) is 10.3. The molecule has 28 heavy (non-hydrogen) atoms. The average Bonchev–Trinajstić information content (AvgIpc) is 2.98. The Morgan fingerprint density at radius 2 is 1.82 bits per heavy atom. The molecule has 1 aliphatic carbocycles. The summed E-state index contributed by atoms with van der Waals surface area (Å²) in [5, 5.41) is 4.03. The van der Waals surface area contributed by atoms with Crippen molar-refractivity contribution in [2.45, 2.75) is 56.0 Å². The number of hydrogen-bond acceptors (Lipinski definition) is 3. The molecule has 0 spiro atoms. The van der Waals surface area contributed by atoms with E-state index in [4.69, 9.17) is 11.6 Å². The van der Waals surface area contributed by atoms with Gasteiger partial charge in [0.15, 0.2) is 0 Å². The van der Waals surface area contributed by atoms with Crippen LogP contribution in [0.5, 0.6) is 0 Å². The Balaban J connectivity index is 1.50. The third-order valence-electron chi connectivity index (χ3n) is 5.66. The van der Waals surface area contributed by atoms with E-state index in [0.717, 1.165) is 42.3 Å². The fourth-order valence-electron chi connectivity index (χ4n) is 4.08. The van der Waals surface area contributed by atoms with Gasteiger partial charge < -0.3 is 10.2 Å². The van der Waals surface area contributed by atoms with Crippen LogP contribution in [0.25, 0.3) is 0 Å². The first-order chi connectivity index (χ1) is 13.7. The molecule has 1 fully saturated rings. The van der Waals surface area contributed by atoms with Crippen LogP contribution in [0.15, 0.2) is 47.4 Å². The molecule has 148 valence electrons. The maximum atomic E-state index is 12.9. The summed E-state index contributed by atoms with van der Waals surface area (Å²) < 4.78 is 0. The molecule has 3 nitrogen and oxygen atoms in total. The van der Waals surface area contributed by atoms with Crippen molar-refractivity contribution < 1.29 is 4.79 Å². The SMILES string of the molecule is O=C(NC1CCCCCC1)c1ccc2c(c1)N(Cc1ccc(Cl)cc1)CCS2. The minimum atomic E-state index is 0.0664. The standard InChI is InChI=1S/C23H27ClN2OS/c24-19-10-7-17(8-11-19)16-26-13-14-28-22-12-9-18(15-21(22)26)23(27)25-20-5-3-1-2-4-6-20/h7-12,15,20H,1-6,13-14,16H2,(H,25,27). The van der Waals surface area contributed by atoms with Crippen molar-refractivity contribution in [3.05, 3.63) is 58.6 Å². The summed E-state index contributed by atoms with van der Waals surface area (Å²) in [5.74, 6) is 1.13. The molecule has 1 aliphatic heterocycles. The third-order valence-corrected chi connectivity index (χ3v) is 6.95. The van der Waals surface area contributed by atoms with E-state index in [1.54, 1.807) is 0 Å². The smallest absolute Gasteiger partial charge is 0.251 e. The number of fused-ring (bicyclic) bond motifs is 1. The van der Waals surface area contributed by atoms with E-state index in [0.29, 0.717) is 6.04 Å². The molecule has 1 amide bonds. The predicted octanol–water partition coefficient (Wildman–Crippen LogP) is 5.90. The summed E-state index contributed by atoms with van der Waals surface area (Å²) in [7, 11) is 0. The number of hydrogen-bond donors (Lipinski definition) is 1. The molecule has 0 unspecified atom stereocenters. The molecule has 0 atom stereocenters. The minimum absolute atomic E-state index is 0.0664. The van der Waals surface area contributed by atoms with E-state index >= 15 is 0 Å². The van der Waals surface area contributed by atoms with E-state index in [2.05, 4.69) is 34.5 Å². The number of carbonyl (C=O) groups is 1. The number of carbonyl (C=O) groups excluding carboxylic acids is 1. The highest BCUT2D eigenvalue weighted by molar-refractivity contribution is 7.99. The van der Waals surface area contributed by atoms with E-state index in [1.807, 2.05) is 30.0 Å². The number of benzene rings is 2. The van der Waals surface area contributed by atoms with E-state index in [-0.39, 0.29) is 5.91 Å². The first-order valence-corrected chi connectivity index (χ1v) is 11.6. The second-order valence-corrected chi connectivity index (χ2v) is 9.31. The monoisotopic (exact) mass is 414 g/mol.